The summed E-state index contributed by atoms with van der Waals surface area (Å²) in [6.07, 6.45) is 0. The van der Waals surface area contributed by atoms with Gasteiger partial charge >= 0.3 is 0 Å². The zero-order chi connectivity index (χ0) is 36.0. The fourth-order valence-electron chi connectivity index (χ4n) is 9.37. The van der Waals surface area contributed by atoms with E-state index in [1.807, 2.05) is 0 Å². The van der Waals surface area contributed by atoms with Gasteiger partial charge in [0.25, 0.3) is 6.71 Å². The summed E-state index contributed by atoms with van der Waals surface area (Å²) in [4.78, 5) is 5.32. The van der Waals surface area contributed by atoms with Crippen molar-refractivity contribution in [2.24, 2.45) is 0 Å². The van der Waals surface area contributed by atoms with Gasteiger partial charge in [-0.05, 0) is 86.9 Å². The zero-order valence-electron chi connectivity index (χ0n) is 31.1. The molecule has 254 valence electrons. The van der Waals surface area contributed by atoms with E-state index in [0.29, 0.717) is 0 Å². The van der Waals surface area contributed by atoms with Gasteiger partial charge in [-0.25, -0.2) is 4.98 Å². The number of fused-ring (bicyclic) bond motifs is 10. The smallest absolute Gasteiger partial charge is 0.252 e. The Kier molecular flexibility index (Phi) is 6.02. The fourth-order valence-corrected chi connectivity index (χ4v) is 9.37. The van der Waals surface area contributed by atoms with Gasteiger partial charge in [0.05, 0.1) is 22.4 Å². The Morgan fingerprint density at radius 2 is 0.943 bits per heavy atom. The fraction of sp³-hybridized carbons (Fsp3) is 0.163. The van der Waals surface area contributed by atoms with Crippen molar-refractivity contribution in [2.45, 2.75) is 52.4 Å². The minimum atomic E-state index is 0.0482. The van der Waals surface area contributed by atoms with E-state index in [4.69, 9.17) is 4.98 Å². The van der Waals surface area contributed by atoms with Crippen molar-refractivity contribution in [1.82, 2.24) is 14.1 Å². The SMILES string of the molecule is CC(C)(C)c1ccc2c(c1)c1cccc3c1n2-c1cc(-c2cccc(-c4ccccc4)n2)cc2c1B3c1cccc3c4cc(C(C)(C)C)ccc4n-2c13. The van der Waals surface area contributed by atoms with E-state index >= 15 is 0 Å². The molecule has 0 radical (unpaired) electrons. The molecule has 0 fully saturated rings. The summed E-state index contributed by atoms with van der Waals surface area (Å²) in [6, 6.07) is 50.1. The second-order valence-electron chi connectivity index (χ2n) is 17.3. The number of nitrogens with zero attached hydrogens (tertiary/aromatic N) is 3. The topological polar surface area (TPSA) is 22.8 Å². The molecule has 2 aliphatic rings. The Balaban J connectivity index is 1.29. The molecule has 2 aliphatic heterocycles. The highest BCUT2D eigenvalue weighted by atomic mass is 15.0. The number of aromatic nitrogens is 3. The first kappa shape index (κ1) is 30.7. The molecule has 53 heavy (non-hydrogen) atoms. The minimum Gasteiger partial charge on any atom is -0.310 e. The molecule has 0 N–H and O–H groups in total. The van der Waals surface area contributed by atoms with Gasteiger partial charge in [0.2, 0.25) is 0 Å². The summed E-state index contributed by atoms with van der Waals surface area (Å²) >= 11 is 0. The maximum Gasteiger partial charge on any atom is 0.252 e. The zero-order valence-corrected chi connectivity index (χ0v) is 31.1. The molecular weight excluding hydrogens is 641 g/mol. The molecule has 6 aromatic carbocycles. The first-order valence-electron chi connectivity index (χ1n) is 18.9. The van der Waals surface area contributed by atoms with Crippen molar-refractivity contribution in [3.05, 3.63) is 145 Å². The predicted octanol–water partition coefficient (Wildman–Crippen LogP) is 10.3. The molecule has 0 atom stereocenters. The lowest BCUT2D eigenvalue weighted by atomic mass is 9.34. The van der Waals surface area contributed by atoms with Gasteiger partial charge in [0, 0.05) is 55.1 Å². The first-order chi connectivity index (χ1) is 25.6. The van der Waals surface area contributed by atoms with Gasteiger partial charge in [-0.15, -0.1) is 0 Å². The maximum absolute atomic E-state index is 5.32. The van der Waals surface area contributed by atoms with E-state index in [0.717, 1.165) is 22.5 Å². The van der Waals surface area contributed by atoms with Crippen molar-refractivity contribution in [3.63, 3.8) is 0 Å². The summed E-state index contributed by atoms with van der Waals surface area (Å²) in [6.45, 7) is 14.0. The quantitative estimate of drug-likeness (QED) is 0.167. The van der Waals surface area contributed by atoms with Crippen molar-refractivity contribution in [2.75, 3.05) is 0 Å². The molecule has 0 saturated heterocycles. The van der Waals surface area contributed by atoms with Crippen LogP contribution in [-0.4, -0.2) is 20.8 Å². The van der Waals surface area contributed by atoms with Crippen molar-refractivity contribution < 1.29 is 0 Å². The summed E-state index contributed by atoms with van der Waals surface area (Å²) in [7, 11) is 0. The van der Waals surface area contributed by atoms with Crippen LogP contribution in [0.3, 0.4) is 0 Å². The highest BCUT2D eigenvalue weighted by Crippen LogP contribution is 2.42. The molecule has 9 aromatic rings. The Labute approximate surface area is 310 Å². The third kappa shape index (κ3) is 4.21. The second-order valence-corrected chi connectivity index (χ2v) is 17.3. The Morgan fingerprint density at radius 3 is 1.45 bits per heavy atom. The number of para-hydroxylation sites is 2. The molecule has 3 aromatic heterocycles. The standard InChI is InChI=1S/C49H40BN3/c1-48(2,3)31-21-23-41-35(27-31)33-15-10-17-37-46(33)52(41)43-25-30(40-20-12-19-39(51-40)29-13-8-7-9-14-29)26-44-45(43)50(37)38-18-11-16-34-36-28-32(49(4,5)6)22-24-42(36)53(44)47(34)38/h7-28H,1-6H3. The summed E-state index contributed by atoms with van der Waals surface area (Å²) in [5.41, 5.74) is 18.7. The van der Waals surface area contributed by atoms with Gasteiger partial charge in [-0.1, -0.05) is 126 Å². The summed E-state index contributed by atoms with van der Waals surface area (Å²) < 4.78 is 5.14. The van der Waals surface area contributed by atoms with Crippen molar-refractivity contribution in [3.8, 4) is 33.9 Å². The predicted molar refractivity (Wildman–Crippen MR) is 226 cm³/mol. The average molecular weight is 682 g/mol. The highest BCUT2D eigenvalue weighted by molar-refractivity contribution is 7.00. The van der Waals surface area contributed by atoms with Crippen LogP contribution in [0.5, 0.6) is 0 Å². The third-order valence-corrected chi connectivity index (χ3v) is 12.0. The Morgan fingerprint density at radius 1 is 0.453 bits per heavy atom. The maximum atomic E-state index is 5.32. The first-order valence-corrected chi connectivity index (χ1v) is 18.9. The van der Waals surface area contributed by atoms with Crippen LogP contribution in [-0.2, 0) is 10.8 Å². The van der Waals surface area contributed by atoms with Gasteiger partial charge in [-0.3, -0.25) is 0 Å². The molecule has 0 unspecified atom stereocenters. The Hall–Kier alpha value is -5.87. The lowest BCUT2D eigenvalue weighted by Gasteiger charge is -2.34. The normalized spacial score (nSPS) is 13.4. The minimum absolute atomic E-state index is 0.0482. The lowest BCUT2D eigenvalue weighted by molar-refractivity contribution is 0.591. The van der Waals surface area contributed by atoms with E-state index < -0.39 is 0 Å². The number of hydrogen-bond acceptors (Lipinski definition) is 1. The molecule has 4 heteroatoms. The van der Waals surface area contributed by atoms with Gasteiger partial charge in [0.15, 0.2) is 0 Å². The molecule has 0 bridgehead atoms. The van der Waals surface area contributed by atoms with Crippen molar-refractivity contribution in [1.29, 1.82) is 0 Å². The van der Waals surface area contributed by atoms with Crippen LogP contribution in [0.2, 0.25) is 0 Å². The van der Waals surface area contributed by atoms with Crippen LogP contribution < -0.4 is 16.4 Å². The Bertz CT molecular complexity index is 2860. The molecule has 0 aliphatic carbocycles. The number of rotatable bonds is 2. The van der Waals surface area contributed by atoms with E-state index in [9.17, 15) is 0 Å². The van der Waals surface area contributed by atoms with Crippen LogP contribution in [0.25, 0.3) is 77.5 Å². The van der Waals surface area contributed by atoms with E-state index in [1.165, 1.54) is 82.5 Å². The number of benzene rings is 6. The average Bonchev–Trinajstić information content (AvgIpc) is 3.68. The van der Waals surface area contributed by atoms with E-state index in [-0.39, 0.29) is 17.5 Å². The molecule has 0 amide bonds. The molecule has 11 rings (SSSR count). The van der Waals surface area contributed by atoms with Crippen LogP contribution in [0.4, 0.5) is 0 Å². The molecule has 5 heterocycles. The van der Waals surface area contributed by atoms with Gasteiger partial charge in [-0.2, -0.15) is 0 Å². The highest BCUT2D eigenvalue weighted by Gasteiger charge is 2.41. The van der Waals surface area contributed by atoms with Crippen LogP contribution >= 0.6 is 0 Å². The van der Waals surface area contributed by atoms with Crippen LogP contribution in [0.1, 0.15) is 52.7 Å². The van der Waals surface area contributed by atoms with Gasteiger partial charge in [0.1, 0.15) is 0 Å². The van der Waals surface area contributed by atoms with Crippen LogP contribution in [0.15, 0.2) is 133 Å². The third-order valence-electron chi connectivity index (χ3n) is 12.0. The monoisotopic (exact) mass is 681 g/mol. The summed E-state index contributed by atoms with van der Waals surface area (Å²) in [5, 5.41) is 5.26. The molecule has 0 saturated carbocycles. The number of pyridine rings is 1. The molecular formula is C49H40BN3. The second kappa shape index (κ2) is 10.4. The molecule has 0 spiro atoms. The van der Waals surface area contributed by atoms with Crippen LogP contribution in [0, 0.1) is 0 Å². The summed E-state index contributed by atoms with van der Waals surface area (Å²) in [5.74, 6) is 0. The van der Waals surface area contributed by atoms with E-state index in [2.05, 4.69) is 184 Å². The molecule has 3 nitrogen and oxygen atoms in total. The largest absolute Gasteiger partial charge is 0.310 e. The lowest BCUT2D eigenvalue weighted by Crippen LogP contribution is -2.59. The van der Waals surface area contributed by atoms with Gasteiger partial charge < -0.3 is 9.13 Å². The van der Waals surface area contributed by atoms with Crippen molar-refractivity contribution >= 4 is 66.7 Å². The van der Waals surface area contributed by atoms with E-state index in [1.54, 1.807) is 0 Å². The number of hydrogen-bond donors (Lipinski definition) is 0.